The normalized spacial score (nSPS) is 14.6. The van der Waals surface area contributed by atoms with E-state index in [1.165, 1.54) is 0 Å². The topological polar surface area (TPSA) is 121 Å². The number of amides is 1. The molecule has 2 aromatic rings. The number of hydrogen-bond acceptors (Lipinski definition) is 5. The van der Waals surface area contributed by atoms with Crippen molar-refractivity contribution in [3.05, 3.63) is 70.3 Å². The maximum atomic E-state index is 13.3. The highest BCUT2D eigenvalue weighted by Crippen LogP contribution is 2.38. The Morgan fingerprint density at radius 1 is 0.818 bits per heavy atom. The van der Waals surface area contributed by atoms with Crippen molar-refractivity contribution in [1.82, 2.24) is 0 Å². The average molecular weight is 508 g/mol. The molecule has 0 heterocycles. The Kier molecular flexibility index (Phi) is 8.07. The summed E-state index contributed by atoms with van der Waals surface area (Å²) in [5.74, 6) is -6.49. The van der Waals surface area contributed by atoms with Crippen molar-refractivity contribution in [3.63, 3.8) is 0 Å². The molecule has 0 aliphatic heterocycles. The Labute approximate surface area is 186 Å². The molecular formula is C18H14ClF8N3O3. The first kappa shape index (κ1) is 28.1. The molecule has 6 nitrogen and oxygen atoms in total. The molecule has 2 aromatic carbocycles. The lowest BCUT2D eigenvalue weighted by molar-refractivity contribution is -0.172. The van der Waals surface area contributed by atoms with Crippen LogP contribution in [0.5, 0.6) is 0 Å². The van der Waals surface area contributed by atoms with Crippen LogP contribution in [0.4, 0.5) is 35.1 Å². The Morgan fingerprint density at radius 2 is 1.27 bits per heavy atom. The highest BCUT2D eigenvalue weighted by molar-refractivity contribution is 5.89. The first-order chi connectivity index (χ1) is 14.5. The van der Waals surface area contributed by atoms with Crippen molar-refractivity contribution in [2.45, 2.75) is 24.1 Å². The Balaban J connectivity index is 0.00000544. The number of nitrogens with two attached hydrogens (primary N) is 3. The average Bonchev–Trinajstić information content (AvgIpc) is 2.65. The second-order valence-corrected chi connectivity index (χ2v) is 6.42. The lowest BCUT2D eigenvalue weighted by Gasteiger charge is -2.30. The zero-order valence-corrected chi connectivity index (χ0v) is 16.7. The van der Waals surface area contributed by atoms with Crippen molar-refractivity contribution >= 4 is 24.3 Å². The van der Waals surface area contributed by atoms with Gasteiger partial charge in [0, 0.05) is 5.56 Å². The molecule has 2 rings (SSSR count). The molecule has 15 heteroatoms. The van der Waals surface area contributed by atoms with Crippen molar-refractivity contribution < 1.29 is 49.4 Å². The number of alkyl halides is 6. The zero-order chi connectivity index (χ0) is 24.6. The van der Waals surface area contributed by atoms with Gasteiger partial charge in [-0.15, -0.1) is 12.4 Å². The molecule has 33 heavy (non-hydrogen) atoms. The molecule has 0 aliphatic carbocycles. The molecule has 2 unspecified atom stereocenters. The standard InChI is InChI=1S/C18H13F8N3O3.ClH/c19-7-1-3-9(11(5-7)17(21,22)23)13(27)14(30)32-16(29,15(28)31)10-4-2-8(20)6-12(10)18(24,25)26;/h1-6,13H,27,29H2,(H2,28,31);1H. The lowest BCUT2D eigenvalue weighted by atomic mass is 9.95. The van der Waals surface area contributed by atoms with Crippen molar-refractivity contribution in [1.29, 1.82) is 0 Å². The second kappa shape index (κ2) is 9.49. The highest BCUT2D eigenvalue weighted by Gasteiger charge is 2.47. The van der Waals surface area contributed by atoms with Gasteiger partial charge < -0.3 is 16.2 Å². The number of carbonyl (C=O) groups is 2. The van der Waals surface area contributed by atoms with Crippen LogP contribution in [0.15, 0.2) is 36.4 Å². The summed E-state index contributed by atoms with van der Waals surface area (Å²) in [5, 5.41) is 0. The van der Waals surface area contributed by atoms with Crippen molar-refractivity contribution in [3.8, 4) is 0 Å². The number of primary amides is 1. The van der Waals surface area contributed by atoms with Gasteiger partial charge in [0.15, 0.2) is 0 Å². The minimum atomic E-state index is -5.30. The van der Waals surface area contributed by atoms with Crippen LogP contribution in [0.25, 0.3) is 0 Å². The number of rotatable bonds is 5. The molecule has 0 saturated heterocycles. The Morgan fingerprint density at radius 3 is 1.73 bits per heavy atom. The number of halogens is 9. The summed E-state index contributed by atoms with van der Waals surface area (Å²) >= 11 is 0. The Hall–Kier alpha value is -2.97. The Bertz CT molecular complexity index is 1060. The van der Waals surface area contributed by atoms with E-state index < -0.39 is 69.9 Å². The SMILES string of the molecule is Cl.NC(=O)C(N)(OC(=O)C(N)c1ccc(F)cc1C(F)(F)F)c1ccc(F)cc1C(F)(F)F. The van der Waals surface area contributed by atoms with Crippen LogP contribution < -0.4 is 17.2 Å². The van der Waals surface area contributed by atoms with E-state index in [0.717, 1.165) is 0 Å². The molecular weight excluding hydrogens is 494 g/mol. The van der Waals surface area contributed by atoms with Gasteiger partial charge in [-0.25, -0.2) is 13.6 Å². The third-order valence-electron chi connectivity index (χ3n) is 4.22. The van der Waals surface area contributed by atoms with E-state index >= 15 is 0 Å². The van der Waals surface area contributed by atoms with Crippen molar-refractivity contribution in [2.75, 3.05) is 0 Å². The summed E-state index contributed by atoms with van der Waals surface area (Å²) in [7, 11) is 0. The molecule has 182 valence electrons. The molecule has 2 atom stereocenters. The van der Waals surface area contributed by atoms with E-state index in [4.69, 9.17) is 17.2 Å². The fraction of sp³-hybridized carbons (Fsp3) is 0.222. The van der Waals surface area contributed by atoms with Gasteiger partial charge in [0.1, 0.15) is 17.7 Å². The minimum absolute atomic E-state index is 0. The van der Waals surface area contributed by atoms with Crippen LogP contribution >= 0.6 is 12.4 Å². The third-order valence-corrected chi connectivity index (χ3v) is 4.22. The van der Waals surface area contributed by atoms with E-state index in [1.54, 1.807) is 0 Å². The molecule has 0 spiro atoms. The number of ether oxygens (including phenoxy) is 1. The van der Waals surface area contributed by atoms with E-state index in [-0.39, 0.29) is 24.5 Å². The van der Waals surface area contributed by atoms with Crippen LogP contribution in [0.2, 0.25) is 0 Å². The molecule has 0 bridgehead atoms. The summed E-state index contributed by atoms with van der Waals surface area (Å²) < 4.78 is 111. The van der Waals surface area contributed by atoms with Gasteiger partial charge >= 0.3 is 18.3 Å². The number of carbonyl (C=O) groups excluding carboxylic acids is 2. The maximum absolute atomic E-state index is 13.3. The van der Waals surface area contributed by atoms with Gasteiger partial charge in [0.25, 0.3) is 11.6 Å². The largest absolute Gasteiger partial charge is 0.429 e. The quantitative estimate of drug-likeness (QED) is 0.326. The predicted molar refractivity (Wildman–Crippen MR) is 98.1 cm³/mol. The highest BCUT2D eigenvalue weighted by atomic mass is 35.5. The van der Waals surface area contributed by atoms with Crippen molar-refractivity contribution in [2.24, 2.45) is 17.2 Å². The maximum Gasteiger partial charge on any atom is 0.416 e. The van der Waals surface area contributed by atoms with Crippen LogP contribution in [0.3, 0.4) is 0 Å². The van der Waals surface area contributed by atoms with Gasteiger partial charge in [-0.1, -0.05) is 6.07 Å². The second-order valence-electron chi connectivity index (χ2n) is 6.42. The summed E-state index contributed by atoms with van der Waals surface area (Å²) in [6, 6.07) is -0.576. The van der Waals surface area contributed by atoms with E-state index in [9.17, 15) is 44.7 Å². The van der Waals surface area contributed by atoms with Gasteiger partial charge in [-0.05, 0) is 35.9 Å². The third kappa shape index (κ3) is 5.89. The lowest BCUT2D eigenvalue weighted by Crippen LogP contribution is -2.54. The van der Waals surface area contributed by atoms with Crippen LogP contribution in [0, 0.1) is 11.6 Å². The molecule has 1 amide bonds. The monoisotopic (exact) mass is 507 g/mol. The molecule has 0 fully saturated rings. The molecule has 0 saturated carbocycles. The van der Waals surface area contributed by atoms with E-state index in [0.29, 0.717) is 24.3 Å². The summed E-state index contributed by atoms with van der Waals surface area (Å²) in [4.78, 5) is 24.2. The van der Waals surface area contributed by atoms with E-state index in [1.807, 2.05) is 0 Å². The van der Waals surface area contributed by atoms with Gasteiger partial charge in [-0.3, -0.25) is 10.5 Å². The fourth-order valence-corrected chi connectivity index (χ4v) is 2.71. The van der Waals surface area contributed by atoms with Gasteiger partial charge in [-0.2, -0.15) is 26.3 Å². The minimum Gasteiger partial charge on any atom is -0.429 e. The van der Waals surface area contributed by atoms with Crippen LogP contribution in [0.1, 0.15) is 28.3 Å². The summed E-state index contributed by atoms with van der Waals surface area (Å²) in [6.07, 6.45) is -10.5. The fourth-order valence-electron chi connectivity index (χ4n) is 2.71. The number of hydrogen-bond donors (Lipinski definition) is 3. The zero-order valence-electron chi connectivity index (χ0n) is 15.9. The van der Waals surface area contributed by atoms with Crippen LogP contribution in [-0.4, -0.2) is 11.9 Å². The molecule has 0 radical (unpaired) electrons. The summed E-state index contributed by atoms with van der Waals surface area (Å²) in [6.45, 7) is 0. The van der Waals surface area contributed by atoms with Gasteiger partial charge in [0.2, 0.25) is 0 Å². The predicted octanol–water partition coefficient (Wildman–Crippen LogP) is 3.26. The number of benzene rings is 2. The van der Waals surface area contributed by atoms with Gasteiger partial charge in [0.05, 0.1) is 11.1 Å². The van der Waals surface area contributed by atoms with E-state index in [2.05, 4.69) is 4.74 Å². The molecule has 0 aromatic heterocycles. The molecule has 0 aliphatic rings. The number of esters is 1. The smallest absolute Gasteiger partial charge is 0.416 e. The molecule has 6 N–H and O–H groups in total. The summed E-state index contributed by atoms with van der Waals surface area (Å²) in [5.41, 5.74) is 6.69. The van der Waals surface area contributed by atoms with Crippen LogP contribution in [-0.2, 0) is 32.4 Å². The first-order valence-corrected chi connectivity index (χ1v) is 8.29. The first-order valence-electron chi connectivity index (χ1n) is 8.29.